The lowest BCUT2D eigenvalue weighted by Crippen LogP contribution is -2.54. The van der Waals surface area contributed by atoms with E-state index < -0.39 is 30.0 Å². The van der Waals surface area contributed by atoms with Crippen molar-refractivity contribution in [2.45, 2.75) is 38.4 Å². The van der Waals surface area contributed by atoms with E-state index in [2.05, 4.69) is 10.5 Å². The molecule has 1 aliphatic heterocycles. The van der Waals surface area contributed by atoms with E-state index >= 15 is 0 Å². The molecule has 0 aromatic rings. The number of hydrogen-bond acceptors (Lipinski definition) is 4. The summed E-state index contributed by atoms with van der Waals surface area (Å²) < 4.78 is 41.9. The first-order valence-electron chi connectivity index (χ1n) is 6.15. The summed E-state index contributed by atoms with van der Waals surface area (Å²) in [5.74, 6) is -0.981. The molecule has 4 N–H and O–H groups in total. The summed E-state index contributed by atoms with van der Waals surface area (Å²) in [7, 11) is 0. The predicted octanol–water partition coefficient (Wildman–Crippen LogP) is 0.987. The molecule has 116 valence electrons. The van der Waals surface area contributed by atoms with Crippen LogP contribution in [0.4, 0.5) is 13.2 Å². The monoisotopic (exact) mass is 297 g/mol. The molecule has 0 radical (unpaired) electrons. The van der Waals surface area contributed by atoms with Gasteiger partial charge in [0, 0.05) is 19.3 Å². The molecule has 6 nitrogen and oxygen atoms in total. The van der Waals surface area contributed by atoms with Crippen LogP contribution in [-0.4, -0.2) is 42.4 Å². The number of nitrogens with two attached hydrogens (primary N) is 1. The number of hydrogen-bond donors (Lipinski definition) is 3. The number of halogens is 3. The van der Waals surface area contributed by atoms with E-state index in [1.54, 1.807) is 0 Å². The second-order valence-corrected chi connectivity index (χ2v) is 4.87. The maximum absolute atomic E-state index is 12.3. The third kappa shape index (κ3) is 3.99. The number of oxime groups is 1. The van der Waals surface area contributed by atoms with Gasteiger partial charge in [0.25, 0.3) is 0 Å². The number of alkyl halides is 3. The Hall–Kier alpha value is -1.51. The fraction of sp³-hybridized carbons (Fsp3) is 0.818. The fourth-order valence-electron chi connectivity index (χ4n) is 2.18. The second-order valence-electron chi connectivity index (χ2n) is 4.87. The van der Waals surface area contributed by atoms with Crippen LogP contribution in [-0.2, 0) is 9.53 Å². The molecule has 9 heteroatoms. The molecule has 1 fully saturated rings. The summed E-state index contributed by atoms with van der Waals surface area (Å²) in [4.78, 5) is 12.2. The highest BCUT2D eigenvalue weighted by Crippen LogP contribution is 2.32. The zero-order valence-electron chi connectivity index (χ0n) is 11.0. The first kappa shape index (κ1) is 16.5. The topological polar surface area (TPSA) is 96.9 Å². The Labute approximate surface area is 114 Å². The van der Waals surface area contributed by atoms with Crippen molar-refractivity contribution in [1.82, 2.24) is 5.32 Å². The standard InChI is InChI=1S/C11H18F3N3O3/c1-7(6-11(12,13)14)16-9(18)10(8(15)17-19)2-4-20-5-3-10/h7,19H,2-6H2,1H3,(H2,15,17)(H,16,18). The molecule has 0 aromatic carbocycles. The van der Waals surface area contributed by atoms with Crippen LogP contribution in [0, 0.1) is 5.41 Å². The highest BCUT2D eigenvalue weighted by molar-refractivity contribution is 6.06. The average molecular weight is 297 g/mol. The molecule has 1 rings (SSSR count). The van der Waals surface area contributed by atoms with Gasteiger partial charge in [0.1, 0.15) is 5.41 Å². The molecule has 20 heavy (non-hydrogen) atoms. The Balaban J connectivity index is 2.79. The molecule has 1 amide bonds. The van der Waals surface area contributed by atoms with Crippen molar-refractivity contribution in [2.75, 3.05) is 13.2 Å². The van der Waals surface area contributed by atoms with Crippen molar-refractivity contribution >= 4 is 11.7 Å². The first-order valence-corrected chi connectivity index (χ1v) is 6.15. The van der Waals surface area contributed by atoms with Crippen LogP contribution >= 0.6 is 0 Å². The summed E-state index contributed by atoms with van der Waals surface area (Å²) in [5, 5.41) is 13.9. The Morgan fingerprint density at radius 1 is 1.50 bits per heavy atom. The number of carbonyl (C=O) groups is 1. The lowest BCUT2D eigenvalue weighted by Gasteiger charge is -2.35. The molecule has 1 saturated heterocycles. The van der Waals surface area contributed by atoms with Gasteiger partial charge in [0.05, 0.1) is 6.42 Å². The van der Waals surface area contributed by atoms with Crippen LogP contribution in [0.2, 0.25) is 0 Å². The van der Waals surface area contributed by atoms with E-state index in [-0.39, 0.29) is 31.9 Å². The Kier molecular flexibility index (Phi) is 5.21. The van der Waals surface area contributed by atoms with Crippen LogP contribution < -0.4 is 11.1 Å². The van der Waals surface area contributed by atoms with Gasteiger partial charge in [-0.1, -0.05) is 5.16 Å². The highest BCUT2D eigenvalue weighted by atomic mass is 19.4. The minimum atomic E-state index is -4.37. The number of nitrogens with one attached hydrogen (secondary N) is 1. The van der Waals surface area contributed by atoms with Crippen molar-refractivity contribution in [3.63, 3.8) is 0 Å². The Morgan fingerprint density at radius 2 is 2.05 bits per heavy atom. The molecule has 0 aromatic heterocycles. The number of amidine groups is 1. The van der Waals surface area contributed by atoms with Gasteiger partial charge in [-0.3, -0.25) is 4.79 Å². The van der Waals surface area contributed by atoms with Crippen LogP contribution in [0.3, 0.4) is 0 Å². The molecule has 0 aliphatic carbocycles. The molecule has 1 heterocycles. The molecule has 1 unspecified atom stereocenters. The largest absolute Gasteiger partial charge is 0.409 e. The van der Waals surface area contributed by atoms with Gasteiger partial charge in [-0.2, -0.15) is 13.2 Å². The number of ether oxygens (including phenoxy) is 1. The van der Waals surface area contributed by atoms with Crippen molar-refractivity contribution < 1.29 is 27.9 Å². The third-order valence-electron chi connectivity index (χ3n) is 3.29. The highest BCUT2D eigenvalue weighted by Gasteiger charge is 2.45. The first-order chi connectivity index (χ1) is 9.21. The number of rotatable bonds is 4. The number of nitrogens with zero attached hydrogens (tertiary/aromatic N) is 1. The number of carbonyl (C=O) groups excluding carboxylic acids is 1. The summed E-state index contributed by atoms with van der Waals surface area (Å²) in [6.45, 7) is 1.69. The Bertz CT molecular complexity index is 379. The van der Waals surface area contributed by atoms with Gasteiger partial charge in [0.15, 0.2) is 5.84 Å². The van der Waals surface area contributed by atoms with Crippen LogP contribution in [0.5, 0.6) is 0 Å². The minimum Gasteiger partial charge on any atom is -0.409 e. The molecule has 1 aliphatic rings. The maximum atomic E-state index is 12.3. The molecule has 0 bridgehead atoms. The summed E-state index contributed by atoms with van der Waals surface area (Å²) in [6, 6.07) is -1.09. The van der Waals surface area contributed by atoms with Gasteiger partial charge in [-0.15, -0.1) is 0 Å². The van der Waals surface area contributed by atoms with Crippen molar-refractivity contribution in [3.8, 4) is 0 Å². The van der Waals surface area contributed by atoms with Gasteiger partial charge < -0.3 is 21.0 Å². The van der Waals surface area contributed by atoms with E-state index in [1.807, 2.05) is 0 Å². The average Bonchev–Trinajstić information content (AvgIpc) is 2.36. The molecule has 0 saturated carbocycles. The van der Waals surface area contributed by atoms with Gasteiger partial charge in [0.2, 0.25) is 5.91 Å². The van der Waals surface area contributed by atoms with Gasteiger partial charge in [-0.05, 0) is 19.8 Å². The smallest absolute Gasteiger partial charge is 0.391 e. The molecular weight excluding hydrogens is 279 g/mol. The van der Waals surface area contributed by atoms with Crippen LogP contribution in [0.15, 0.2) is 5.16 Å². The third-order valence-corrected chi connectivity index (χ3v) is 3.29. The zero-order chi connectivity index (χ0) is 15.4. The van der Waals surface area contributed by atoms with Crippen molar-refractivity contribution in [2.24, 2.45) is 16.3 Å². The van der Waals surface area contributed by atoms with Crippen LogP contribution in [0.1, 0.15) is 26.2 Å². The molecule has 0 spiro atoms. The minimum absolute atomic E-state index is 0.160. The summed E-state index contributed by atoms with van der Waals surface area (Å²) >= 11 is 0. The fourth-order valence-corrected chi connectivity index (χ4v) is 2.18. The van der Waals surface area contributed by atoms with E-state index in [9.17, 15) is 18.0 Å². The van der Waals surface area contributed by atoms with E-state index in [4.69, 9.17) is 15.7 Å². The second kappa shape index (κ2) is 6.29. The van der Waals surface area contributed by atoms with Crippen molar-refractivity contribution in [3.05, 3.63) is 0 Å². The van der Waals surface area contributed by atoms with E-state index in [0.29, 0.717) is 0 Å². The van der Waals surface area contributed by atoms with Crippen molar-refractivity contribution in [1.29, 1.82) is 0 Å². The van der Waals surface area contributed by atoms with E-state index in [0.717, 1.165) is 0 Å². The van der Waals surface area contributed by atoms with E-state index in [1.165, 1.54) is 6.92 Å². The summed E-state index contributed by atoms with van der Waals surface area (Å²) in [6.07, 6.45) is -5.19. The quantitative estimate of drug-likeness (QED) is 0.312. The van der Waals surface area contributed by atoms with Gasteiger partial charge >= 0.3 is 6.18 Å². The lowest BCUT2D eigenvalue weighted by molar-refractivity contribution is -0.144. The van der Waals surface area contributed by atoms with Gasteiger partial charge in [-0.25, -0.2) is 0 Å². The molecular formula is C11H18F3N3O3. The Morgan fingerprint density at radius 3 is 2.50 bits per heavy atom. The lowest BCUT2D eigenvalue weighted by atomic mass is 9.78. The maximum Gasteiger partial charge on any atom is 0.391 e. The summed E-state index contributed by atoms with van der Waals surface area (Å²) in [5.41, 5.74) is 4.24. The SMILES string of the molecule is CC(CC(F)(F)F)NC(=O)C1(C(N)=NO)CCOCC1. The zero-order valence-corrected chi connectivity index (χ0v) is 11.0. The van der Waals surface area contributed by atoms with Crippen LogP contribution in [0.25, 0.3) is 0 Å². The number of amides is 1. The predicted molar refractivity (Wildman–Crippen MR) is 64.2 cm³/mol. The normalized spacial score (nSPS) is 21.3. The molecule has 1 atom stereocenters.